The highest BCUT2D eigenvalue weighted by molar-refractivity contribution is 7.99. The third-order valence-electron chi connectivity index (χ3n) is 3.30. The summed E-state index contributed by atoms with van der Waals surface area (Å²) >= 11 is 1.76. The molecule has 0 saturated heterocycles. The first kappa shape index (κ1) is 13.1. The lowest BCUT2D eigenvalue weighted by molar-refractivity contribution is 0.102. The molecule has 4 nitrogen and oxygen atoms in total. The Morgan fingerprint density at radius 3 is 2.90 bits per heavy atom. The van der Waals surface area contributed by atoms with Gasteiger partial charge in [-0.25, -0.2) is 0 Å². The molecular weight excluding hydrogens is 270 g/mol. The minimum atomic E-state index is -0.112. The van der Waals surface area contributed by atoms with Crippen LogP contribution in [-0.2, 0) is 0 Å². The largest absolute Gasteiger partial charge is 0.324 e. The number of pyridine rings is 1. The second-order valence-electron chi connectivity index (χ2n) is 4.69. The Labute approximate surface area is 121 Å². The minimum absolute atomic E-state index is 0.0866. The number of hydrogen-bond acceptors (Lipinski definition) is 4. The van der Waals surface area contributed by atoms with E-state index in [2.05, 4.69) is 10.3 Å². The van der Waals surface area contributed by atoms with Crippen LogP contribution in [-0.4, -0.2) is 16.6 Å². The van der Waals surface area contributed by atoms with E-state index in [9.17, 15) is 4.79 Å². The summed E-state index contributed by atoms with van der Waals surface area (Å²) in [4.78, 5) is 17.2. The molecule has 0 saturated carbocycles. The first-order valence-electron chi connectivity index (χ1n) is 6.48. The van der Waals surface area contributed by atoms with E-state index >= 15 is 0 Å². The van der Waals surface area contributed by atoms with Crippen molar-refractivity contribution >= 4 is 23.4 Å². The van der Waals surface area contributed by atoms with E-state index < -0.39 is 0 Å². The maximum Gasteiger partial charge on any atom is 0.255 e. The summed E-state index contributed by atoms with van der Waals surface area (Å²) < 4.78 is 0. The molecule has 5 heteroatoms. The van der Waals surface area contributed by atoms with Crippen LogP contribution in [0.25, 0.3) is 0 Å². The molecule has 102 valence electrons. The van der Waals surface area contributed by atoms with Crippen molar-refractivity contribution in [2.24, 2.45) is 5.73 Å². The molecule has 3 N–H and O–H groups in total. The highest BCUT2D eigenvalue weighted by Gasteiger charge is 2.18. The molecule has 0 unspecified atom stereocenters. The lowest BCUT2D eigenvalue weighted by Gasteiger charge is -2.22. The molecule has 0 spiro atoms. The van der Waals surface area contributed by atoms with Crippen LogP contribution in [0.5, 0.6) is 0 Å². The summed E-state index contributed by atoms with van der Waals surface area (Å²) in [6.07, 6.45) is 4.29. The number of hydrogen-bond donors (Lipinski definition) is 2. The molecule has 0 bridgehead atoms. The van der Waals surface area contributed by atoms with E-state index in [-0.39, 0.29) is 11.9 Å². The van der Waals surface area contributed by atoms with Gasteiger partial charge in [0.05, 0.1) is 0 Å². The van der Waals surface area contributed by atoms with Crippen LogP contribution in [0.1, 0.15) is 28.4 Å². The van der Waals surface area contributed by atoms with Gasteiger partial charge >= 0.3 is 0 Å². The predicted octanol–water partition coefficient (Wildman–Crippen LogP) is 2.83. The average molecular weight is 285 g/mol. The quantitative estimate of drug-likeness (QED) is 0.890. The first-order valence-corrected chi connectivity index (χ1v) is 7.46. The van der Waals surface area contributed by atoms with Crippen LogP contribution in [0.4, 0.5) is 5.69 Å². The van der Waals surface area contributed by atoms with Gasteiger partial charge in [-0.3, -0.25) is 9.78 Å². The smallest absolute Gasteiger partial charge is 0.255 e. The molecule has 1 aromatic carbocycles. The Kier molecular flexibility index (Phi) is 3.71. The van der Waals surface area contributed by atoms with Gasteiger partial charge in [0, 0.05) is 34.6 Å². The summed E-state index contributed by atoms with van der Waals surface area (Å²) in [5.41, 5.74) is 8.61. The highest BCUT2D eigenvalue weighted by Crippen LogP contribution is 2.35. The second kappa shape index (κ2) is 5.64. The molecule has 0 aliphatic carbocycles. The Bertz CT molecular complexity index is 630. The van der Waals surface area contributed by atoms with Gasteiger partial charge in [0.2, 0.25) is 0 Å². The Balaban J connectivity index is 1.82. The summed E-state index contributed by atoms with van der Waals surface area (Å²) in [6.45, 7) is 0. The number of nitrogens with two attached hydrogens (primary N) is 1. The Morgan fingerprint density at radius 2 is 2.10 bits per heavy atom. The van der Waals surface area contributed by atoms with E-state index in [1.807, 2.05) is 18.2 Å². The van der Waals surface area contributed by atoms with E-state index in [0.29, 0.717) is 5.56 Å². The van der Waals surface area contributed by atoms with Crippen molar-refractivity contribution in [1.82, 2.24) is 4.98 Å². The maximum atomic E-state index is 12.2. The van der Waals surface area contributed by atoms with E-state index in [1.54, 1.807) is 36.3 Å². The van der Waals surface area contributed by atoms with Crippen LogP contribution in [0.2, 0.25) is 0 Å². The number of anilines is 1. The number of nitrogens with zero attached hydrogens (tertiary/aromatic N) is 1. The normalized spacial score (nSPS) is 17.4. The zero-order valence-corrected chi connectivity index (χ0v) is 11.7. The van der Waals surface area contributed by atoms with Crippen LogP contribution < -0.4 is 11.1 Å². The minimum Gasteiger partial charge on any atom is -0.324 e. The van der Waals surface area contributed by atoms with Gasteiger partial charge in [0.1, 0.15) is 0 Å². The fraction of sp³-hybridized carbons (Fsp3) is 0.200. The molecule has 1 aromatic heterocycles. The van der Waals surface area contributed by atoms with Gasteiger partial charge < -0.3 is 11.1 Å². The lowest BCUT2D eigenvalue weighted by atomic mass is 10.0. The molecule has 1 aliphatic heterocycles. The van der Waals surface area contributed by atoms with Crippen LogP contribution in [0, 0.1) is 0 Å². The molecule has 1 amide bonds. The standard InChI is InChI=1S/C15H15N3OS/c16-13-5-8-20-14-9-10(1-2-12(13)14)15(19)18-11-3-6-17-7-4-11/h1-4,6-7,9,13H,5,8,16H2,(H,17,18,19)/t13-/m1/s1. The number of nitrogens with one attached hydrogen (secondary N) is 1. The fourth-order valence-corrected chi connectivity index (χ4v) is 3.38. The van der Waals surface area contributed by atoms with Crippen LogP contribution in [0.3, 0.4) is 0 Å². The van der Waals surface area contributed by atoms with Gasteiger partial charge in [-0.05, 0) is 42.0 Å². The Morgan fingerprint density at radius 1 is 1.30 bits per heavy atom. The van der Waals surface area contributed by atoms with Crippen LogP contribution in [0.15, 0.2) is 47.6 Å². The SMILES string of the molecule is N[C@@H]1CCSc2cc(C(=O)Nc3ccncc3)ccc21. The topological polar surface area (TPSA) is 68.0 Å². The molecule has 2 heterocycles. The van der Waals surface area contributed by atoms with Crippen molar-refractivity contribution in [3.63, 3.8) is 0 Å². The number of fused-ring (bicyclic) bond motifs is 1. The van der Waals surface area contributed by atoms with Crippen molar-refractivity contribution in [3.05, 3.63) is 53.9 Å². The summed E-state index contributed by atoms with van der Waals surface area (Å²) in [5.74, 6) is 0.891. The van der Waals surface area contributed by atoms with E-state index in [4.69, 9.17) is 5.73 Å². The van der Waals surface area contributed by atoms with Crippen molar-refractivity contribution in [2.75, 3.05) is 11.1 Å². The molecular formula is C15H15N3OS. The Hall–Kier alpha value is -1.85. The third-order valence-corrected chi connectivity index (χ3v) is 4.40. The van der Waals surface area contributed by atoms with Crippen LogP contribution >= 0.6 is 11.8 Å². The highest BCUT2D eigenvalue weighted by atomic mass is 32.2. The maximum absolute atomic E-state index is 12.2. The molecule has 1 aliphatic rings. The zero-order chi connectivity index (χ0) is 13.9. The van der Waals surface area contributed by atoms with E-state index in [0.717, 1.165) is 28.3 Å². The number of amides is 1. The molecule has 2 aromatic rings. The van der Waals surface area contributed by atoms with Gasteiger partial charge in [0.15, 0.2) is 0 Å². The number of aromatic nitrogens is 1. The number of carbonyl (C=O) groups excluding carboxylic acids is 1. The molecule has 0 fully saturated rings. The number of thioether (sulfide) groups is 1. The monoisotopic (exact) mass is 285 g/mol. The third kappa shape index (κ3) is 2.69. The van der Waals surface area contributed by atoms with Crippen molar-refractivity contribution in [3.8, 4) is 0 Å². The number of rotatable bonds is 2. The second-order valence-corrected chi connectivity index (χ2v) is 5.82. The predicted molar refractivity (Wildman–Crippen MR) is 80.9 cm³/mol. The van der Waals surface area contributed by atoms with E-state index in [1.165, 1.54) is 0 Å². The van der Waals surface area contributed by atoms with Gasteiger partial charge in [-0.15, -0.1) is 11.8 Å². The van der Waals surface area contributed by atoms with Gasteiger partial charge in [-0.1, -0.05) is 6.07 Å². The average Bonchev–Trinajstić information content (AvgIpc) is 2.48. The zero-order valence-electron chi connectivity index (χ0n) is 10.9. The molecule has 20 heavy (non-hydrogen) atoms. The summed E-state index contributed by atoms with van der Waals surface area (Å²) in [5, 5.41) is 2.86. The van der Waals surface area contributed by atoms with Crippen molar-refractivity contribution in [2.45, 2.75) is 17.4 Å². The van der Waals surface area contributed by atoms with Crippen molar-refractivity contribution in [1.29, 1.82) is 0 Å². The molecule has 1 atom stereocenters. The first-order chi connectivity index (χ1) is 9.74. The number of carbonyl (C=O) groups is 1. The lowest BCUT2D eigenvalue weighted by Crippen LogP contribution is -2.17. The van der Waals surface area contributed by atoms with Gasteiger partial charge in [-0.2, -0.15) is 0 Å². The van der Waals surface area contributed by atoms with Crippen molar-refractivity contribution < 1.29 is 4.79 Å². The number of benzene rings is 1. The fourth-order valence-electron chi connectivity index (χ4n) is 2.20. The molecule has 0 radical (unpaired) electrons. The summed E-state index contributed by atoms with van der Waals surface area (Å²) in [6, 6.07) is 9.34. The molecule has 3 rings (SSSR count). The summed E-state index contributed by atoms with van der Waals surface area (Å²) in [7, 11) is 0. The van der Waals surface area contributed by atoms with Gasteiger partial charge in [0.25, 0.3) is 5.91 Å².